The summed E-state index contributed by atoms with van der Waals surface area (Å²) in [6.45, 7) is 0.496. The number of fused-ring (bicyclic) bond motifs is 2. The normalized spacial score (nSPS) is 13.5. The van der Waals surface area contributed by atoms with Gasteiger partial charge in [0, 0.05) is 29.7 Å². The molecule has 0 amide bonds. The first-order chi connectivity index (χ1) is 15.8. The molecule has 3 aromatic carbocycles. The molecule has 1 unspecified atom stereocenters. The summed E-state index contributed by atoms with van der Waals surface area (Å²) in [5.74, 6) is -0.289. The Kier molecular flexibility index (Phi) is 4.14. The molecule has 0 aliphatic heterocycles. The second-order valence-electron chi connectivity index (χ2n) is 7.79. The zero-order valence-corrected chi connectivity index (χ0v) is 17.1. The Bertz CT molecular complexity index is 1510. The Morgan fingerprint density at radius 2 is 1.59 bits per heavy atom. The second kappa shape index (κ2) is 7.16. The highest BCUT2D eigenvalue weighted by atomic mass is 19.1. The molecule has 0 saturated carbocycles. The summed E-state index contributed by atoms with van der Waals surface area (Å²) in [6, 6.07) is 24.8. The Balaban J connectivity index is 1.68. The van der Waals surface area contributed by atoms with Gasteiger partial charge in [-0.1, -0.05) is 47.7 Å². The molecule has 3 aromatic heterocycles. The van der Waals surface area contributed by atoms with Crippen LogP contribution >= 0.6 is 0 Å². The molecule has 0 saturated heterocycles. The molecule has 156 valence electrons. The summed E-state index contributed by atoms with van der Waals surface area (Å²) >= 11 is 0. The summed E-state index contributed by atoms with van der Waals surface area (Å²) in [7, 11) is 0. The van der Waals surface area contributed by atoms with E-state index in [9.17, 15) is 4.39 Å². The van der Waals surface area contributed by atoms with Gasteiger partial charge in [0.05, 0.1) is 18.4 Å². The van der Waals surface area contributed by atoms with Gasteiger partial charge in [0.2, 0.25) is 0 Å². The van der Waals surface area contributed by atoms with Crippen LogP contribution in [0.2, 0.25) is 0 Å². The fourth-order valence-corrected chi connectivity index (χ4v) is 4.47. The first-order valence-electron chi connectivity index (χ1n) is 10.3. The zero-order chi connectivity index (χ0) is 21.5. The number of benzene rings is 3. The van der Waals surface area contributed by atoms with E-state index in [1.807, 2.05) is 51.8 Å². The molecule has 6 aromatic rings. The van der Waals surface area contributed by atoms with Crippen molar-refractivity contribution in [2.45, 2.75) is 12.2 Å². The molecule has 6 rings (SSSR count). The predicted molar refractivity (Wildman–Crippen MR) is 121 cm³/mol. The van der Waals surface area contributed by atoms with Gasteiger partial charge in [0.1, 0.15) is 11.3 Å². The third-order valence-corrected chi connectivity index (χ3v) is 6.01. The monoisotopic (exact) mass is 422 g/mol. The van der Waals surface area contributed by atoms with Crippen LogP contribution in [-0.4, -0.2) is 29.1 Å². The van der Waals surface area contributed by atoms with Gasteiger partial charge in [-0.05, 0) is 41.8 Å². The summed E-state index contributed by atoms with van der Waals surface area (Å²) < 4.78 is 20.0. The summed E-state index contributed by atoms with van der Waals surface area (Å²) in [5, 5.41) is 10.2. The van der Waals surface area contributed by atoms with E-state index in [0.29, 0.717) is 6.54 Å². The van der Waals surface area contributed by atoms with E-state index in [2.05, 4.69) is 44.3 Å². The SMILES string of the molecule is Fc1ccc(C(Cn2ccc3ccccc32)(n2ccnc2)n2nnc3ccccc32)cc1. The number of halogens is 1. The fraction of sp³-hybridized carbons (Fsp3) is 0.0800. The van der Waals surface area contributed by atoms with Crippen molar-refractivity contribution in [1.29, 1.82) is 0 Å². The van der Waals surface area contributed by atoms with E-state index in [1.165, 1.54) is 12.1 Å². The van der Waals surface area contributed by atoms with E-state index in [-0.39, 0.29) is 5.82 Å². The highest BCUT2D eigenvalue weighted by Gasteiger charge is 2.39. The number of para-hydroxylation sites is 2. The smallest absolute Gasteiger partial charge is 0.184 e. The van der Waals surface area contributed by atoms with Crippen molar-refractivity contribution in [2.75, 3.05) is 0 Å². The molecule has 0 aliphatic rings. The molecule has 0 fully saturated rings. The molecule has 0 N–H and O–H groups in total. The lowest BCUT2D eigenvalue weighted by atomic mass is 9.97. The maximum atomic E-state index is 13.9. The number of hydrogen-bond acceptors (Lipinski definition) is 3. The summed E-state index contributed by atoms with van der Waals surface area (Å²) in [6.07, 6.45) is 7.49. The van der Waals surface area contributed by atoms with Crippen LogP contribution in [0, 0.1) is 5.82 Å². The van der Waals surface area contributed by atoms with Crippen LogP contribution in [0.1, 0.15) is 5.56 Å². The maximum Gasteiger partial charge on any atom is 0.184 e. The molecule has 0 aliphatic carbocycles. The van der Waals surface area contributed by atoms with E-state index in [4.69, 9.17) is 0 Å². The number of aromatic nitrogens is 6. The highest BCUT2D eigenvalue weighted by Crippen LogP contribution is 2.34. The first-order valence-corrected chi connectivity index (χ1v) is 10.3. The van der Waals surface area contributed by atoms with Crippen LogP contribution in [-0.2, 0) is 12.2 Å². The summed E-state index contributed by atoms with van der Waals surface area (Å²) in [4.78, 5) is 4.33. The van der Waals surface area contributed by atoms with Crippen LogP contribution < -0.4 is 0 Å². The van der Waals surface area contributed by atoms with Crippen molar-refractivity contribution in [3.8, 4) is 0 Å². The van der Waals surface area contributed by atoms with Crippen LogP contribution in [0.3, 0.4) is 0 Å². The molecule has 0 radical (unpaired) electrons. The minimum atomic E-state index is -0.873. The third kappa shape index (κ3) is 2.75. The van der Waals surface area contributed by atoms with Crippen molar-refractivity contribution in [1.82, 2.24) is 29.1 Å². The minimum absolute atomic E-state index is 0.289. The molecule has 0 spiro atoms. The molecular formula is C25H19FN6. The molecule has 0 bridgehead atoms. The standard InChI is InChI=1S/C25H19FN6/c26-21-11-9-20(10-12-21)25(31-16-14-27-18-31,32-24-8-4-2-6-22(24)28-29-32)17-30-15-13-19-5-1-3-7-23(19)30/h1-16,18H,17H2. The molecule has 32 heavy (non-hydrogen) atoms. The minimum Gasteiger partial charge on any atom is -0.343 e. The van der Waals surface area contributed by atoms with Gasteiger partial charge in [-0.3, -0.25) is 0 Å². The molecule has 3 heterocycles. The number of hydrogen-bond donors (Lipinski definition) is 0. The Morgan fingerprint density at radius 1 is 0.812 bits per heavy atom. The van der Waals surface area contributed by atoms with E-state index in [0.717, 1.165) is 27.5 Å². The molecule has 7 heteroatoms. The predicted octanol–water partition coefficient (Wildman–Crippen LogP) is 4.67. The second-order valence-corrected chi connectivity index (χ2v) is 7.79. The van der Waals surface area contributed by atoms with Crippen molar-refractivity contribution >= 4 is 21.9 Å². The van der Waals surface area contributed by atoms with Gasteiger partial charge in [0.25, 0.3) is 0 Å². The van der Waals surface area contributed by atoms with Gasteiger partial charge in [0.15, 0.2) is 5.66 Å². The van der Waals surface area contributed by atoms with Crippen LogP contribution in [0.25, 0.3) is 21.9 Å². The molecule has 6 nitrogen and oxygen atoms in total. The number of rotatable bonds is 5. The van der Waals surface area contributed by atoms with Gasteiger partial charge < -0.3 is 9.13 Å². The Labute approximate surface area is 183 Å². The largest absolute Gasteiger partial charge is 0.343 e. The topological polar surface area (TPSA) is 53.5 Å². The lowest BCUT2D eigenvalue weighted by molar-refractivity contribution is 0.229. The van der Waals surface area contributed by atoms with Gasteiger partial charge >= 0.3 is 0 Å². The van der Waals surface area contributed by atoms with E-state index >= 15 is 0 Å². The molecule has 1 atom stereocenters. The van der Waals surface area contributed by atoms with Crippen LogP contribution in [0.4, 0.5) is 4.39 Å². The Morgan fingerprint density at radius 3 is 2.41 bits per heavy atom. The number of imidazole rings is 1. The quantitative estimate of drug-likeness (QED) is 0.406. The fourth-order valence-electron chi connectivity index (χ4n) is 4.47. The Hall–Kier alpha value is -4.26. The van der Waals surface area contributed by atoms with Crippen LogP contribution in [0.5, 0.6) is 0 Å². The van der Waals surface area contributed by atoms with Crippen LogP contribution in [0.15, 0.2) is 104 Å². The average Bonchev–Trinajstić information content (AvgIpc) is 3.59. The van der Waals surface area contributed by atoms with E-state index in [1.54, 1.807) is 24.7 Å². The maximum absolute atomic E-state index is 13.9. The van der Waals surface area contributed by atoms with Crippen molar-refractivity contribution < 1.29 is 4.39 Å². The molecular weight excluding hydrogens is 403 g/mol. The van der Waals surface area contributed by atoms with Crippen molar-refractivity contribution in [3.05, 3.63) is 115 Å². The van der Waals surface area contributed by atoms with Crippen molar-refractivity contribution in [2.24, 2.45) is 0 Å². The lowest BCUT2D eigenvalue weighted by Crippen LogP contribution is -2.46. The zero-order valence-electron chi connectivity index (χ0n) is 17.1. The van der Waals surface area contributed by atoms with E-state index < -0.39 is 5.66 Å². The third-order valence-electron chi connectivity index (χ3n) is 6.01. The van der Waals surface area contributed by atoms with Gasteiger partial charge in [-0.2, -0.15) is 0 Å². The first kappa shape index (κ1) is 18.5. The van der Waals surface area contributed by atoms with Crippen molar-refractivity contribution in [3.63, 3.8) is 0 Å². The highest BCUT2D eigenvalue weighted by molar-refractivity contribution is 5.80. The van der Waals surface area contributed by atoms with Gasteiger partial charge in [-0.15, -0.1) is 5.10 Å². The average molecular weight is 422 g/mol. The van der Waals surface area contributed by atoms with Gasteiger partial charge in [-0.25, -0.2) is 14.1 Å². The lowest BCUT2D eigenvalue weighted by Gasteiger charge is -2.36. The summed E-state index contributed by atoms with van der Waals surface area (Å²) in [5.41, 5.74) is 2.76. The number of nitrogens with zero attached hydrogens (tertiary/aromatic N) is 6.